The smallest absolute Gasteiger partial charge is 0.324 e. The zero-order chi connectivity index (χ0) is 43.3. The van der Waals surface area contributed by atoms with E-state index in [1.807, 2.05) is 133 Å². The summed E-state index contributed by atoms with van der Waals surface area (Å²) in [5, 5.41) is 13.2. The van der Waals surface area contributed by atoms with Crippen LogP contribution in [0.4, 0.5) is 5.69 Å². The van der Waals surface area contributed by atoms with Gasteiger partial charge in [-0.1, -0.05) is 140 Å². The Balaban J connectivity index is 1.27. The van der Waals surface area contributed by atoms with E-state index in [2.05, 4.69) is 39.1 Å². The van der Waals surface area contributed by atoms with Crippen molar-refractivity contribution < 1.29 is 29.0 Å². The third-order valence-electron chi connectivity index (χ3n) is 13.2. The van der Waals surface area contributed by atoms with Gasteiger partial charge in [0.15, 0.2) is 0 Å². The highest BCUT2D eigenvalue weighted by molar-refractivity contribution is 6.12. The van der Waals surface area contributed by atoms with Crippen molar-refractivity contribution in [2.24, 2.45) is 5.92 Å². The minimum Gasteiger partial charge on any atom is -0.491 e. The maximum Gasteiger partial charge on any atom is 0.324 e. The second-order valence-electron chi connectivity index (χ2n) is 17.1. The van der Waals surface area contributed by atoms with Crippen molar-refractivity contribution in [3.05, 3.63) is 167 Å². The summed E-state index contributed by atoms with van der Waals surface area (Å²) in [7, 11) is 2.03. The second-order valence-corrected chi connectivity index (χ2v) is 17.1. The molecule has 5 aromatic carbocycles. The lowest BCUT2D eigenvalue weighted by Gasteiger charge is -2.46. The number of fused-ring (bicyclic) bond motifs is 3. The molecule has 4 aliphatic heterocycles. The zero-order valence-electron chi connectivity index (χ0n) is 35.7. The van der Waals surface area contributed by atoms with Gasteiger partial charge in [-0.3, -0.25) is 24.2 Å². The highest BCUT2D eigenvalue weighted by atomic mass is 16.6. The standard InChI is InChI=1S/C53H54N4O6/c1-55(36-38-19-8-5-9-20-38)30-18-21-37-28-29-43-42(35-37)53(52(61)54-43)45(50(59)56-31-16-3-2-4-17-32-56)47-51(60)63-48(40-24-12-7-13-25-40)46(39-22-10-6-11-23-39)57(47)49(53)41-26-14-15-27-44(41)62-34-33-58/h5-15,19-20,22-29,35,45-49,58H,2-4,16-17,30-34,36H2,1H3,(H,54,61). The van der Waals surface area contributed by atoms with Gasteiger partial charge in [-0.05, 0) is 66.4 Å². The molecule has 10 nitrogen and oxygen atoms in total. The molecule has 3 saturated heterocycles. The Morgan fingerprint density at radius 2 is 1.48 bits per heavy atom. The van der Waals surface area contributed by atoms with Crippen molar-refractivity contribution in [3.63, 3.8) is 0 Å². The lowest BCUT2D eigenvalue weighted by atomic mass is 9.64. The summed E-state index contributed by atoms with van der Waals surface area (Å²) >= 11 is 0. The van der Waals surface area contributed by atoms with E-state index in [1.54, 1.807) is 0 Å². The summed E-state index contributed by atoms with van der Waals surface area (Å²) in [6.45, 7) is 2.07. The molecule has 2 amide bonds. The van der Waals surface area contributed by atoms with Gasteiger partial charge >= 0.3 is 5.97 Å². The molecule has 9 rings (SSSR count). The summed E-state index contributed by atoms with van der Waals surface area (Å²) in [5.41, 5.74) is 3.69. The maximum absolute atomic E-state index is 15.9. The number of nitrogens with one attached hydrogen (secondary N) is 1. The number of para-hydroxylation sites is 1. The Morgan fingerprint density at radius 1 is 0.825 bits per heavy atom. The van der Waals surface area contributed by atoms with Crippen molar-refractivity contribution >= 4 is 23.5 Å². The molecule has 0 bridgehead atoms. The van der Waals surface area contributed by atoms with Gasteiger partial charge in [0, 0.05) is 36.4 Å². The Bertz CT molecular complexity index is 2480. The average Bonchev–Trinajstić information content (AvgIpc) is 3.77. The molecule has 0 saturated carbocycles. The number of benzene rings is 5. The van der Waals surface area contributed by atoms with Gasteiger partial charge < -0.3 is 24.8 Å². The number of nitrogens with zero attached hydrogens (tertiary/aromatic N) is 3. The molecule has 6 unspecified atom stereocenters. The molecule has 3 fully saturated rings. The second kappa shape index (κ2) is 18.6. The number of aliphatic hydroxyl groups excluding tert-OH is 1. The van der Waals surface area contributed by atoms with Crippen molar-refractivity contribution in [1.29, 1.82) is 0 Å². The Hall–Kier alpha value is -6.25. The average molecular weight is 843 g/mol. The number of carbonyl (C=O) groups is 3. The predicted octanol–water partition coefficient (Wildman–Crippen LogP) is 7.60. The van der Waals surface area contributed by atoms with Crippen molar-refractivity contribution in [3.8, 4) is 17.6 Å². The minimum atomic E-state index is -1.66. The van der Waals surface area contributed by atoms with E-state index in [1.165, 1.54) is 5.56 Å². The van der Waals surface area contributed by atoms with Crippen LogP contribution in [0.3, 0.4) is 0 Å². The van der Waals surface area contributed by atoms with Crippen LogP contribution in [0.25, 0.3) is 0 Å². The first-order valence-corrected chi connectivity index (χ1v) is 22.3. The molecular formula is C53H54N4O6. The highest BCUT2D eigenvalue weighted by Crippen LogP contribution is 2.66. The quantitative estimate of drug-likeness (QED) is 0.109. The Kier molecular flexibility index (Phi) is 12.4. The van der Waals surface area contributed by atoms with Crippen molar-refractivity contribution in [1.82, 2.24) is 14.7 Å². The van der Waals surface area contributed by atoms with Crippen LogP contribution in [-0.2, 0) is 31.1 Å². The number of cyclic esters (lactones) is 1. The Morgan fingerprint density at radius 3 is 2.19 bits per heavy atom. The number of carbonyl (C=O) groups excluding carboxylic acids is 3. The third-order valence-corrected chi connectivity index (χ3v) is 13.2. The molecule has 5 aromatic rings. The SMILES string of the molecule is CN(CC#Cc1ccc2c(c1)C1(C(=O)N2)C(C(=O)N2CCCCCCC2)C2C(=O)OC(c3ccccc3)C(c3ccccc3)N2C1c1ccccc1OCCO)Cc1ccccc1. The molecule has 0 aliphatic carbocycles. The third kappa shape index (κ3) is 8.02. The molecule has 6 atom stereocenters. The van der Waals surface area contributed by atoms with Crippen LogP contribution in [-0.4, -0.2) is 83.5 Å². The van der Waals surface area contributed by atoms with Crippen molar-refractivity contribution in [2.45, 2.75) is 68.3 Å². The van der Waals surface area contributed by atoms with E-state index in [9.17, 15) is 5.11 Å². The highest BCUT2D eigenvalue weighted by Gasteiger charge is 2.74. The van der Waals surface area contributed by atoms with E-state index in [0.29, 0.717) is 47.8 Å². The molecule has 63 heavy (non-hydrogen) atoms. The zero-order valence-corrected chi connectivity index (χ0v) is 35.7. The lowest BCUT2D eigenvalue weighted by Crippen LogP contribution is -2.55. The molecule has 0 aromatic heterocycles. The summed E-state index contributed by atoms with van der Waals surface area (Å²) in [6, 6.07) is 40.4. The number of esters is 1. The minimum absolute atomic E-state index is 0.00827. The molecule has 322 valence electrons. The van der Waals surface area contributed by atoms with Gasteiger partial charge in [-0.15, -0.1) is 0 Å². The number of morpholine rings is 1. The molecule has 0 radical (unpaired) electrons. The molecule has 1 spiro atoms. The lowest BCUT2D eigenvalue weighted by molar-refractivity contribution is -0.179. The van der Waals surface area contributed by atoms with E-state index in [-0.39, 0.29) is 25.0 Å². The fraction of sp³-hybridized carbons (Fsp3) is 0.340. The van der Waals surface area contributed by atoms with Gasteiger partial charge in [-0.25, -0.2) is 0 Å². The largest absolute Gasteiger partial charge is 0.491 e. The molecule has 4 heterocycles. The van der Waals surface area contributed by atoms with Crippen LogP contribution in [0, 0.1) is 17.8 Å². The van der Waals surface area contributed by atoms with Gasteiger partial charge in [-0.2, -0.15) is 0 Å². The van der Waals surface area contributed by atoms with Gasteiger partial charge in [0.25, 0.3) is 0 Å². The first-order valence-electron chi connectivity index (χ1n) is 22.3. The molecule has 10 heteroatoms. The number of rotatable bonds is 10. The van der Waals surface area contributed by atoms with Crippen LogP contribution in [0.15, 0.2) is 133 Å². The first kappa shape index (κ1) is 42.1. The van der Waals surface area contributed by atoms with Gasteiger partial charge in [0.2, 0.25) is 11.8 Å². The summed E-state index contributed by atoms with van der Waals surface area (Å²) < 4.78 is 13.0. The number of amides is 2. The number of hydrogen-bond donors (Lipinski definition) is 2. The molecule has 4 aliphatic rings. The van der Waals surface area contributed by atoms with Crippen LogP contribution in [0.2, 0.25) is 0 Å². The fourth-order valence-corrected chi connectivity index (χ4v) is 10.5. The number of hydrogen-bond acceptors (Lipinski definition) is 8. The van der Waals surface area contributed by atoms with Crippen LogP contribution >= 0.6 is 0 Å². The number of ether oxygens (including phenoxy) is 2. The van der Waals surface area contributed by atoms with Gasteiger partial charge in [0.05, 0.1) is 31.2 Å². The summed E-state index contributed by atoms with van der Waals surface area (Å²) in [4.78, 5) is 53.1. The molecular weight excluding hydrogens is 789 g/mol. The monoisotopic (exact) mass is 842 g/mol. The summed E-state index contributed by atoms with van der Waals surface area (Å²) in [6.07, 6.45) is 3.97. The normalized spacial score (nSPS) is 24.4. The van der Waals surface area contributed by atoms with Crippen LogP contribution in [0.1, 0.15) is 83.7 Å². The first-order chi connectivity index (χ1) is 30.9. The number of likely N-dealkylation sites (tertiary alicyclic amines) is 1. The van der Waals surface area contributed by atoms with E-state index < -0.39 is 41.5 Å². The van der Waals surface area contributed by atoms with Crippen LogP contribution < -0.4 is 10.1 Å². The summed E-state index contributed by atoms with van der Waals surface area (Å²) in [5.74, 6) is 4.82. The molecule has 2 N–H and O–H groups in total. The van der Waals surface area contributed by atoms with Crippen molar-refractivity contribution in [2.75, 3.05) is 45.2 Å². The Labute approximate surface area is 369 Å². The fourth-order valence-electron chi connectivity index (χ4n) is 10.5. The predicted molar refractivity (Wildman–Crippen MR) is 241 cm³/mol. The van der Waals surface area contributed by atoms with Crippen LogP contribution in [0.5, 0.6) is 5.75 Å². The van der Waals surface area contributed by atoms with Gasteiger partial charge in [0.1, 0.15) is 29.9 Å². The van der Waals surface area contributed by atoms with E-state index in [0.717, 1.165) is 49.8 Å². The van der Waals surface area contributed by atoms with E-state index in [4.69, 9.17) is 9.47 Å². The maximum atomic E-state index is 15.9. The number of anilines is 1. The number of aliphatic hydroxyl groups is 1. The topological polar surface area (TPSA) is 112 Å². The van der Waals surface area contributed by atoms with E-state index >= 15 is 14.4 Å².